The molecule has 0 bridgehead atoms. The van der Waals surface area contributed by atoms with E-state index in [0.717, 1.165) is 37.0 Å². The Kier molecular flexibility index (Phi) is 4.23. The van der Waals surface area contributed by atoms with Crippen LogP contribution in [0, 0.1) is 5.41 Å². The van der Waals surface area contributed by atoms with Gasteiger partial charge >= 0.3 is 0 Å². The van der Waals surface area contributed by atoms with Crippen LogP contribution in [0.25, 0.3) is 0 Å². The fourth-order valence-electron chi connectivity index (χ4n) is 3.62. The highest BCUT2D eigenvalue weighted by molar-refractivity contribution is 5.78. The largest absolute Gasteiger partial charge is 0.493 e. The molecule has 126 valence electrons. The van der Waals surface area contributed by atoms with Gasteiger partial charge in [0.1, 0.15) is 5.75 Å². The van der Waals surface area contributed by atoms with Crippen molar-refractivity contribution in [2.24, 2.45) is 16.1 Å². The fraction of sp³-hybridized carbons (Fsp3) is 0.611. The Morgan fingerprint density at radius 2 is 2.17 bits per heavy atom. The lowest BCUT2D eigenvalue weighted by Crippen LogP contribution is -2.44. The molecule has 2 atom stereocenters. The number of nitrogens with zero attached hydrogens (tertiary/aromatic N) is 1. The molecule has 0 saturated heterocycles. The Hall–Kier alpha value is -1.75. The van der Waals surface area contributed by atoms with Crippen molar-refractivity contribution in [1.29, 1.82) is 0 Å². The lowest BCUT2D eigenvalue weighted by Gasteiger charge is -2.35. The molecule has 5 heteroatoms. The first-order valence-electron chi connectivity index (χ1n) is 8.42. The van der Waals surface area contributed by atoms with E-state index in [2.05, 4.69) is 24.2 Å². The maximum atomic E-state index is 10.8. The summed E-state index contributed by atoms with van der Waals surface area (Å²) in [6.45, 7) is 5.23. The topological polar surface area (TPSA) is 79.9 Å². The molecule has 4 N–H and O–H groups in total. The third-order valence-electron chi connectivity index (χ3n) is 5.44. The summed E-state index contributed by atoms with van der Waals surface area (Å²) in [7, 11) is 0. The summed E-state index contributed by atoms with van der Waals surface area (Å²) in [5.41, 5.74) is 6.32. The first kappa shape index (κ1) is 16.1. The van der Waals surface area contributed by atoms with Gasteiger partial charge in [-0.05, 0) is 30.7 Å². The van der Waals surface area contributed by atoms with Crippen molar-refractivity contribution in [1.82, 2.24) is 5.32 Å². The zero-order chi connectivity index (χ0) is 16.5. The smallest absolute Gasteiger partial charge is 0.189 e. The number of benzene rings is 1. The molecular weight excluding hydrogens is 290 g/mol. The number of aliphatic hydroxyl groups is 1. The van der Waals surface area contributed by atoms with Crippen LogP contribution < -0.4 is 15.8 Å². The summed E-state index contributed by atoms with van der Waals surface area (Å²) in [4.78, 5) is 4.43. The Morgan fingerprint density at radius 3 is 2.91 bits per heavy atom. The minimum absolute atomic E-state index is 0.106. The van der Waals surface area contributed by atoms with E-state index in [1.807, 2.05) is 24.3 Å². The van der Waals surface area contributed by atoms with Crippen LogP contribution in [0.15, 0.2) is 29.3 Å². The number of aliphatic imine (C=N–C) groups is 1. The number of ether oxygens (including phenoxy) is 1. The number of hydrogen-bond acceptors (Lipinski definition) is 3. The molecular formula is C18H27N3O2. The second-order valence-electron chi connectivity index (χ2n) is 7.34. The molecule has 23 heavy (non-hydrogen) atoms. The molecule has 1 aliphatic carbocycles. The molecule has 3 rings (SSSR count). The maximum Gasteiger partial charge on any atom is 0.189 e. The molecule has 2 aliphatic rings. The first-order valence-corrected chi connectivity index (χ1v) is 8.42. The molecule has 1 aromatic carbocycles. The monoisotopic (exact) mass is 317 g/mol. The fourth-order valence-corrected chi connectivity index (χ4v) is 3.62. The van der Waals surface area contributed by atoms with Gasteiger partial charge in [-0.3, -0.25) is 4.99 Å². The Balaban J connectivity index is 1.67. The molecule has 0 aromatic heterocycles. The van der Waals surface area contributed by atoms with Gasteiger partial charge in [-0.15, -0.1) is 0 Å². The minimum Gasteiger partial charge on any atom is -0.493 e. The standard InChI is InChI=1S/C18H27N3O2/c1-17(2)9-5-10-18(17,22)12-20-16(19)21-14-8-11-23-15-7-4-3-6-13(14)15/h3-4,6-7,14,22H,5,8-12H2,1-2H3,(H3,19,20,21). The predicted octanol–water partition coefficient (Wildman–Crippen LogP) is 2.36. The number of fused-ring (bicyclic) bond motifs is 1. The molecule has 1 aliphatic heterocycles. The van der Waals surface area contributed by atoms with Gasteiger partial charge < -0.3 is 20.9 Å². The van der Waals surface area contributed by atoms with Gasteiger partial charge in [0.25, 0.3) is 0 Å². The number of rotatable bonds is 3. The van der Waals surface area contributed by atoms with Gasteiger partial charge in [0.15, 0.2) is 5.96 Å². The quantitative estimate of drug-likeness (QED) is 0.590. The van der Waals surface area contributed by atoms with Crippen molar-refractivity contribution in [3.05, 3.63) is 29.8 Å². The average molecular weight is 317 g/mol. The van der Waals surface area contributed by atoms with E-state index < -0.39 is 5.60 Å². The van der Waals surface area contributed by atoms with Gasteiger partial charge in [0.2, 0.25) is 0 Å². The van der Waals surface area contributed by atoms with Gasteiger partial charge in [-0.1, -0.05) is 32.0 Å². The third kappa shape index (κ3) is 3.15. The van der Waals surface area contributed by atoms with E-state index in [9.17, 15) is 5.11 Å². The van der Waals surface area contributed by atoms with Crippen LogP contribution in [-0.4, -0.2) is 29.8 Å². The molecule has 1 saturated carbocycles. The Morgan fingerprint density at radius 1 is 1.39 bits per heavy atom. The highest BCUT2D eigenvalue weighted by atomic mass is 16.5. The van der Waals surface area contributed by atoms with E-state index in [4.69, 9.17) is 10.5 Å². The number of hydrogen-bond donors (Lipinski definition) is 3. The van der Waals surface area contributed by atoms with Gasteiger partial charge in [-0.2, -0.15) is 0 Å². The van der Waals surface area contributed by atoms with Crippen molar-refractivity contribution in [2.45, 2.75) is 51.2 Å². The van der Waals surface area contributed by atoms with Crippen molar-refractivity contribution >= 4 is 5.96 Å². The zero-order valence-electron chi connectivity index (χ0n) is 14.0. The van der Waals surface area contributed by atoms with Gasteiger partial charge in [0.05, 0.1) is 24.8 Å². The van der Waals surface area contributed by atoms with Crippen LogP contribution in [0.1, 0.15) is 51.1 Å². The second kappa shape index (κ2) is 6.04. The third-order valence-corrected chi connectivity index (χ3v) is 5.44. The van der Waals surface area contributed by atoms with Crippen LogP contribution >= 0.6 is 0 Å². The van der Waals surface area contributed by atoms with E-state index in [0.29, 0.717) is 19.1 Å². The second-order valence-corrected chi connectivity index (χ2v) is 7.34. The van der Waals surface area contributed by atoms with Crippen LogP contribution in [-0.2, 0) is 0 Å². The number of nitrogens with one attached hydrogen (secondary N) is 1. The summed E-state index contributed by atoms with van der Waals surface area (Å²) >= 11 is 0. The number of para-hydroxylation sites is 1. The predicted molar refractivity (Wildman–Crippen MR) is 91.5 cm³/mol. The van der Waals surface area contributed by atoms with E-state index >= 15 is 0 Å². The van der Waals surface area contributed by atoms with Gasteiger partial charge in [-0.25, -0.2) is 0 Å². The molecule has 0 radical (unpaired) electrons. The Labute approximate surface area is 137 Å². The molecule has 1 fully saturated rings. The average Bonchev–Trinajstić information content (AvgIpc) is 2.79. The number of nitrogens with two attached hydrogens (primary N) is 1. The van der Waals surface area contributed by atoms with Crippen LogP contribution in [0.4, 0.5) is 0 Å². The van der Waals surface area contributed by atoms with Crippen molar-refractivity contribution in [3.8, 4) is 5.75 Å². The van der Waals surface area contributed by atoms with E-state index in [-0.39, 0.29) is 11.5 Å². The highest BCUT2D eigenvalue weighted by Gasteiger charge is 2.47. The molecule has 1 heterocycles. The van der Waals surface area contributed by atoms with E-state index in [1.165, 1.54) is 0 Å². The molecule has 1 aromatic rings. The van der Waals surface area contributed by atoms with Crippen LogP contribution in [0.2, 0.25) is 0 Å². The summed E-state index contributed by atoms with van der Waals surface area (Å²) in [5, 5.41) is 14.1. The van der Waals surface area contributed by atoms with Crippen LogP contribution in [0.3, 0.4) is 0 Å². The highest BCUT2D eigenvalue weighted by Crippen LogP contribution is 2.46. The lowest BCUT2D eigenvalue weighted by atomic mass is 9.78. The lowest BCUT2D eigenvalue weighted by molar-refractivity contribution is -0.0335. The summed E-state index contributed by atoms with van der Waals surface area (Å²) < 4.78 is 5.66. The Bertz CT molecular complexity index is 600. The molecule has 5 nitrogen and oxygen atoms in total. The van der Waals surface area contributed by atoms with Crippen molar-refractivity contribution in [2.75, 3.05) is 13.2 Å². The van der Waals surface area contributed by atoms with Crippen LogP contribution in [0.5, 0.6) is 5.75 Å². The van der Waals surface area contributed by atoms with Crippen molar-refractivity contribution < 1.29 is 9.84 Å². The SMILES string of the molecule is CC1(C)CCCC1(O)CN=C(N)NC1CCOc2ccccc21. The minimum atomic E-state index is -0.757. The normalized spacial score (nSPS) is 29.7. The van der Waals surface area contributed by atoms with Gasteiger partial charge in [0, 0.05) is 12.0 Å². The molecule has 2 unspecified atom stereocenters. The molecule has 0 spiro atoms. The van der Waals surface area contributed by atoms with E-state index in [1.54, 1.807) is 0 Å². The summed E-state index contributed by atoms with van der Waals surface area (Å²) in [5.74, 6) is 1.29. The summed E-state index contributed by atoms with van der Waals surface area (Å²) in [6.07, 6.45) is 3.71. The van der Waals surface area contributed by atoms with Crippen molar-refractivity contribution in [3.63, 3.8) is 0 Å². The molecule has 0 amide bonds. The first-order chi connectivity index (χ1) is 10.9. The maximum absolute atomic E-state index is 10.8. The zero-order valence-corrected chi connectivity index (χ0v) is 14.0. The number of guanidine groups is 1. The summed E-state index contributed by atoms with van der Waals surface area (Å²) in [6, 6.07) is 8.10.